The number of nitrogens with one attached hydrogen (secondary N) is 1. The molecule has 0 aliphatic carbocycles. The molecule has 1 N–H and O–H groups in total. The van der Waals surface area contributed by atoms with Gasteiger partial charge in [-0.3, -0.25) is 4.79 Å². The first-order valence-corrected chi connectivity index (χ1v) is 7.32. The van der Waals surface area contributed by atoms with Gasteiger partial charge in [0.05, 0.1) is 13.5 Å². The molecule has 0 unspecified atom stereocenters. The number of hydrogen-bond acceptors (Lipinski definition) is 5. The van der Waals surface area contributed by atoms with Gasteiger partial charge >= 0.3 is 5.97 Å². The highest BCUT2D eigenvalue weighted by molar-refractivity contribution is 5.69. The largest absolute Gasteiger partial charge is 0.469 e. The van der Waals surface area contributed by atoms with Gasteiger partial charge in [-0.15, -0.1) is 0 Å². The molecule has 0 bridgehead atoms. The Morgan fingerprint density at radius 2 is 1.84 bits per heavy atom. The van der Waals surface area contributed by atoms with Crippen molar-refractivity contribution in [3.8, 4) is 0 Å². The zero-order chi connectivity index (χ0) is 14.5. The summed E-state index contributed by atoms with van der Waals surface area (Å²) in [5, 5.41) is 3.27. The fraction of sp³-hybridized carbons (Fsp3) is 0.929. The Morgan fingerprint density at radius 1 is 1.11 bits per heavy atom. The molecule has 0 heterocycles. The van der Waals surface area contributed by atoms with Crippen molar-refractivity contribution in [1.29, 1.82) is 0 Å². The molecule has 0 aromatic rings. The van der Waals surface area contributed by atoms with Gasteiger partial charge in [0.2, 0.25) is 0 Å². The Hall–Kier alpha value is -0.650. The highest BCUT2D eigenvalue weighted by Crippen LogP contribution is 1.91. The third-order valence-electron chi connectivity index (χ3n) is 3.19. The Bertz CT molecular complexity index is 225. The van der Waals surface area contributed by atoms with Crippen LogP contribution in [0, 0.1) is 0 Å². The van der Waals surface area contributed by atoms with Crippen LogP contribution in [0.1, 0.15) is 26.7 Å². The highest BCUT2D eigenvalue weighted by atomic mass is 16.5. The molecule has 0 saturated heterocycles. The van der Waals surface area contributed by atoms with E-state index in [4.69, 9.17) is 0 Å². The minimum Gasteiger partial charge on any atom is -0.469 e. The molecule has 0 aromatic carbocycles. The van der Waals surface area contributed by atoms with E-state index in [0.717, 1.165) is 39.3 Å². The molecule has 5 nitrogen and oxygen atoms in total. The quantitative estimate of drug-likeness (QED) is 0.421. The van der Waals surface area contributed by atoms with Crippen LogP contribution in [0.5, 0.6) is 0 Å². The van der Waals surface area contributed by atoms with Crippen molar-refractivity contribution in [2.24, 2.45) is 0 Å². The number of carbonyl (C=O) groups excluding carboxylic acids is 1. The summed E-state index contributed by atoms with van der Waals surface area (Å²) in [6.45, 7) is 11.5. The first-order valence-electron chi connectivity index (χ1n) is 7.32. The highest BCUT2D eigenvalue weighted by Gasteiger charge is 2.04. The SMILES string of the molecule is CCCN(C)CCN(CC)CCNCCC(=O)OC. The van der Waals surface area contributed by atoms with Crippen LogP contribution in [0.2, 0.25) is 0 Å². The number of ether oxygens (including phenoxy) is 1. The molecule has 0 rings (SSSR count). The number of rotatable bonds is 12. The molecule has 0 aliphatic rings. The van der Waals surface area contributed by atoms with Crippen LogP contribution in [0.4, 0.5) is 0 Å². The zero-order valence-electron chi connectivity index (χ0n) is 13.1. The van der Waals surface area contributed by atoms with Gasteiger partial charge in [0.1, 0.15) is 0 Å². The minimum absolute atomic E-state index is 0.152. The molecule has 0 amide bonds. The van der Waals surface area contributed by atoms with E-state index >= 15 is 0 Å². The number of hydrogen-bond donors (Lipinski definition) is 1. The molecule has 19 heavy (non-hydrogen) atoms. The van der Waals surface area contributed by atoms with Crippen molar-refractivity contribution in [1.82, 2.24) is 15.1 Å². The normalized spacial score (nSPS) is 11.3. The second kappa shape index (κ2) is 12.4. The van der Waals surface area contributed by atoms with Crippen molar-refractivity contribution < 1.29 is 9.53 Å². The van der Waals surface area contributed by atoms with Crippen molar-refractivity contribution >= 4 is 5.97 Å². The van der Waals surface area contributed by atoms with Crippen molar-refractivity contribution in [3.05, 3.63) is 0 Å². The van der Waals surface area contributed by atoms with E-state index in [1.54, 1.807) is 0 Å². The maximum Gasteiger partial charge on any atom is 0.306 e. The van der Waals surface area contributed by atoms with Crippen LogP contribution in [0.15, 0.2) is 0 Å². The van der Waals surface area contributed by atoms with E-state index in [-0.39, 0.29) is 5.97 Å². The number of nitrogens with zero attached hydrogens (tertiary/aromatic N) is 2. The summed E-state index contributed by atoms with van der Waals surface area (Å²) >= 11 is 0. The predicted molar refractivity (Wildman–Crippen MR) is 79.4 cm³/mol. The van der Waals surface area contributed by atoms with Crippen LogP contribution in [-0.2, 0) is 9.53 Å². The second-order valence-electron chi connectivity index (χ2n) is 4.81. The molecule has 0 aromatic heterocycles. The third kappa shape index (κ3) is 10.9. The van der Waals surface area contributed by atoms with E-state index in [1.807, 2.05) is 0 Å². The summed E-state index contributed by atoms with van der Waals surface area (Å²) in [6, 6.07) is 0. The molecular weight excluding hydrogens is 242 g/mol. The van der Waals surface area contributed by atoms with Crippen molar-refractivity contribution in [3.63, 3.8) is 0 Å². The zero-order valence-corrected chi connectivity index (χ0v) is 13.1. The van der Waals surface area contributed by atoms with E-state index < -0.39 is 0 Å². The first kappa shape index (κ1) is 18.4. The second-order valence-corrected chi connectivity index (χ2v) is 4.81. The number of carbonyl (C=O) groups is 1. The fourth-order valence-electron chi connectivity index (χ4n) is 1.89. The lowest BCUT2D eigenvalue weighted by atomic mass is 10.4. The van der Waals surface area contributed by atoms with E-state index in [2.05, 4.69) is 40.7 Å². The average molecular weight is 273 g/mol. The molecule has 0 atom stereocenters. The number of likely N-dealkylation sites (N-methyl/N-ethyl adjacent to an activating group) is 2. The lowest BCUT2D eigenvalue weighted by Crippen LogP contribution is -2.38. The topological polar surface area (TPSA) is 44.8 Å². The van der Waals surface area contributed by atoms with Gasteiger partial charge in [0.15, 0.2) is 0 Å². The van der Waals surface area contributed by atoms with Crippen LogP contribution in [0.25, 0.3) is 0 Å². The Kier molecular flexibility index (Phi) is 12.0. The van der Waals surface area contributed by atoms with Crippen molar-refractivity contribution in [2.75, 3.05) is 60.0 Å². The van der Waals surface area contributed by atoms with Gasteiger partial charge in [0, 0.05) is 32.7 Å². The molecule has 0 spiro atoms. The lowest BCUT2D eigenvalue weighted by molar-refractivity contribution is -0.140. The first-order chi connectivity index (χ1) is 9.13. The van der Waals surface area contributed by atoms with Gasteiger partial charge in [-0.25, -0.2) is 0 Å². The fourth-order valence-corrected chi connectivity index (χ4v) is 1.89. The summed E-state index contributed by atoms with van der Waals surface area (Å²) in [5.41, 5.74) is 0. The van der Waals surface area contributed by atoms with Crippen LogP contribution >= 0.6 is 0 Å². The minimum atomic E-state index is -0.152. The van der Waals surface area contributed by atoms with Crippen LogP contribution in [0.3, 0.4) is 0 Å². The number of methoxy groups -OCH3 is 1. The average Bonchev–Trinajstić information content (AvgIpc) is 2.41. The van der Waals surface area contributed by atoms with Crippen LogP contribution < -0.4 is 5.32 Å². The number of esters is 1. The van der Waals surface area contributed by atoms with Gasteiger partial charge in [-0.2, -0.15) is 0 Å². The summed E-state index contributed by atoms with van der Waals surface area (Å²) in [7, 11) is 3.60. The summed E-state index contributed by atoms with van der Waals surface area (Å²) in [5.74, 6) is -0.152. The molecular formula is C14H31N3O2. The third-order valence-corrected chi connectivity index (χ3v) is 3.19. The van der Waals surface area contributed by atoms with Gasteiger partial charge in [0.25, 0.3) is 0 Å². The smallest absolute Gasteiger partial charge is 0.306 e. The van der Waals surface area contributed by atoms with E-state index in [0.29, 0.717) is 13.0 Å². The molecule has 114 valence electrons. The Labute approximate surface area is 118 Å². The van der Waals surface area contributed by atoms with Crippen molar-refractivity contribution in [2.45, 2.75) is 26.7 Å². The van der Waals surface area contributed by atoms with Gasteiger partial charge in [-0.05, 0) is 26.6 Å². The monoisotopic (exact) mass is 273 g/mol. The molecule has 0 saturated carbocycles. The Morgan fingerprint density at radius 3 is 2.42 bits per heavy atom. The summed E-state index contributed by atoms with van der Waals surface area (Å²) in [4.78, 5) is 15.7. The predicted octanol–water partition coefficient (Wildman–Crippen LogP) is 0.803. The maximum atomic E-state index is 10.9. The molecule has 5 heteroatoms. The molecule has 0 radical (unpaired) electrons. The summed E-state index contributed by atoms with van der Waals surface area (Å²) < 4.78 is 4.59. The van der Waals surface area contributed by atoms with E-state index in [1.165, 1.54) is 13.5 Å². The Balaban J connectivity index is 3.56. The lowest BCUT2D eigenvalue weighted by Gasteiger charge is -2.24. The van der Waals surface area contributed by atoms with Gasteiger partial charge < -0.3 is 19.9 Å². The molecule has 0 aliphatic heterocycles. The molecule has 0 fully saturated rings. The van der Waals surface area contributed by atoms with Crippen LogP contribution in [-0.4, -0.2) is 75.7 Å². The van der Waals surface area contributed by atoms with E-state index in [9.17, 15) is 4.79 Å². The summed E-state index contributed by atoms with van der Waals surface area (Å²) in [6.07, 6.45) is 1.65. The van der Waals surface area contributed by atoms with Gasteiger partial charge in [-0.1, -0.05) is 13.8 Å². The standard InChI is InChI=1S/C14H31N3O2/c1-5-10-16(3)12-13-17(6-2)11-9-15-8-7-14(18)19-4/h15H,5-13H2,1-4H3. The maximum absolute atomic E-state index is 10.9.